The summed E-state index contributed by atoms with van der Waals surface area (Å²) in [6.45, 7) is 0. The molecule has 6 nitrogen and oxygen atoms in total. The highest BCUT2D eigenvalue weighted by Gasteiger charge is 2.10. The minimum Gasteiger partial charge on any atom is -0.279 e. The molecule has 0 spiro atoms. The predicted octanol–water partition coefficient (Wildman–Crippen LogP) is 0.427. The van der Waals surface area contributed by atoms with E-state index in [-0.39, 0.29) is 5.65 Å². The van der Waals surface area contributed by atoms with Crippen molar-refractivity contribution >= 4 is 11.0 Å². The third-order valence-electron chi connectivity index (χ3n) is 3.31. The molecular weight excluding hydrogens is 280 g/mol. The first-order valence-corrected chi connectivity index (χ1v) is 6.58. The normalized spacial score (nSPS) is 10.3. The summed E-state index contributed by atoms with van der Waals surface area (Å²) in [7, 11) is 2.98. The van der Waals surface area contributed by atoms with Crippen LogP contribution in [0.15, 0.2) is 46.0 Å². The van der Waals surface area contributed by atoms with Crippen molar-refractivity contribution in [3.8, 4) is 11.8 Å². The number of hydrogen-bond acceptors (Lipinski definition) is 4. The average molecular weight is 292 g/mol. The van der Waals surface area contributed by atoms with Crippen LogP contribution in [-0.4, -0.2) is 19.3 Å². The second kappa shape index (κ2) is 5.30. The Morgan fingerprint density at radius 1 is 0.955 bits per heavy atom. The Morgan fingerprint density at radius 3 is 2.41 bits per heavy atom. The van der Waals surface area contributed by atoms with Crippen LogP contribution in [0.5, 0.6) is 0 Å². The van der Waals surface area contributed by atoms with Crippen LogP contribution in [-0.2, 0) is 14.1 Å². The van der Waals surface area contributed by atoms with Gasteiger partial charge in [0.15, 0.2) is 5.65 Å². The van der Waals surface area contributed by atoms with Gasteiger partial charge < -0.3 is 0 Å². The van der Waals surface area contributed by atoms with E-state index in [1.165, 1.54) is 11.6 Å². The van der Waals surface area contributed by atoms with Crippen LogP contribution in [0.2, 0.25) is 0 Å². The van der Waals surface area contributed by atoms with Crippen molar-refractivity contribution in [2.75, 3.05) is 0 Å². The molecule has 0 fully saturated rings. The van der Waals surface area contributed by atoms with E-state index in [4.69, 9.17) is 0 Å². The molecule has 0 aliphatic carbocycles. The highest BCUT2D eigenvalue weighted by atomic mass is 16.2. The first-order chi connectivity index (χ1) is 10.6. The van der Waals surface area contributed by atoms with Gasteiger partial charge in [-0.25, -0.2) is 4.79 Å². The summed E-state index contributed by atoms with van der Waals surface area (Å²) >= 11 is 0. The van der Waals surface area contributed by atoms with Crippen LogP contribution in [0.1, 0.15) is 11.3 Å². The second-order valence-electron chi connectivity index (χ2n) is 4.79. The van der Waals surface area contributed by atoms with E-state index in [2.05, 4.69) is 22.0 Å². The molecule has 3 rings (SSSR count). The third-order valence-corrected chi connectivity index (χ3v) is 3.31. The lowest BCUT2D eigenvalue weighted by Crippen LogP contribution is -2.37. The third kappa shape index (κ3) is 2.29. The molecule has 108 valence electrons. The number of rotatable bonds is 0. The van der Waals surface area contributed by atoms with Gasteiger partial charge in [0.25, 0.3) is 5.56 Å². The number of hydrogen-bond donors (Lipinski definition) is 0. The Hall–Kier alpha value is -3.20. The number of aromatic nitrogens is 4. The number of nitrogens with zero attached hydrogens (tertiary/aromatic N) is 4. The predicted molar refractivity (Wildman–Crippen MR) is 82.4 cm³/mol. The molecule has 0 unspecified atom stereocenters. The van der Waals surface area contributed by atoms with Gasteiger partial charge >= 0.3 is 5.69 Å². The van der Waals surface area contributed by atoms with Crippen LogP contribution in [0, 0.1) is 11.8 Å². The van der Waals surface area contributed by atoms with Gasteiger partial charge in [0.2, 0.25) is 0 Å². The van der Waals surface area contributed by atoms with E-state index in [0.717, 1.165) is 10.1 Å². The van der Waals surface area contributed by atoms with Gasteiger partial charge in [0.05, 0.1) is 5.39 Å². The smallest absolute Gasteiger partial charge is 0.279 e. The van der Waals surface area contributed by atoms with Crippen LogP contribution in [0.4, 0.5) is 0 Å². The maximum atomic E-state index is 12.2. The highest BCUT2D eigenvalue weighted by Crippen LogP contribution is 2.04. The molecule has 0 atom stereocenters. The summed E-state index contributed by atoms with van der Waals surface area (Å²) in [6.07, 6.45) is 0. The van der Waals surface area contributed by atoms with Gasteiger partial charge in [0.1, 0.15) is 5.69 Å². The van der Waals surface area contributed by atoms with Crippen molar-refractivity contribution in [3.63, 3.8) is 0 Å². The summed E-state index contributed by atoms with van der Waals surface area (Å²) in [5, 5.41) is 8.23. The average Bonchev–Trinajstić information content (AvgIpc) is 2.57. The summed E-state index contributed by atoms with van der Waals surface area (Å²) < 4.78 is 2.33. The van der Waals surface area contributed by atoms with E-state index >= 15 is 0 Å². The van der Waals surface area contributed by atoms with Crippen molar-refractivity contribution in [2.24, 2.45) is 14.1 Å². The molecular formula is C16H12N4O2. The topological polar surface area (TPSA) is 69.8 Å². The van der Waals surface area contributed by atoms with Gasteiger partial charge in [-0.15, -0.1) is 10.2 Å². The quantitative estimate of drug-likeness (QED) is 0.563. The molecule has 0 bridgehead atoms. The minimum atomic E-state index is -0.435. The Bertz CT molecular complexity index is 1040. The minimum absolute atomic E-state index is 0.248. The molecule has 0 N–H and O–H groups in total. The van der Waals surface area contributed by atoms with E-state index in [0.29, 0.717) is 11.1 Å². The standard InChI is InChI=1S/C16H12N4O2/c1-19-14-13(15(21)20(2)16(19)22)10-12(17-18-14)9-8-11-6-4-3-5-7-11/h3-7,10H,1-2H3. The molecule has 2 heterocycles. The van der Waals surface area contributed by atoms with E-state index in [1.807, 2.05) is 30.3 Å². The summed E-state index contributed by atoms with van der Waals surface area (Å²) in [4.78, 5) is 24.0. The Labute approximate surface area is 125 Å². The lowest BCUT2D eigenvalue weighted by atomic mass is 10.2. The maximum Gasteiger partial charge on any atom is 0.332 e. The molecule has 1 aromatic carbocycles. The fourth-order valence-electron chi connectivity index (χ4n) is 2.09. The Balaban J connectivity index is 2.18. The molecule has 2 aromatic heterocycles. The van der Waals surface area contributed by atoms with Crippen LogP contribution < -0.4 is 11.2 Å². The first kappa shape index (κ1) is 13.8. The van der Waals surface area contributed by atoms with Gasteiger partial charge in [-0.1, -0.05) is 24.1 Å². The SMILES string of the molecule is Cn1c(=O)c2cc(C#Cc3ccccc3)nnc2n(C)c1=O. The highest BCUT2D eigenvalue weighted by molar-refractivity contribution is 5.74. The molecule has 0 aliphatic rings. The molecule has 0 aliphatic heterocycles. The lowest BCUT2D eigenvalue weighted by Gasteiger charge is -2.05. The molecule has 6 heteroatoms. The van der Waals surface area contributed by atoms with Gasteiger partial charge in [-0.3, -0.25) is 13.9 Å². The van der Waals surface area contributed by atoms with Crippen molar-refractivity contribution in [1.82, 2.24) is 19.3 Å². The molecule has 3 aromatic rings. The second-order valence-corrected chi connectivity index (χ2v) is 4.79. The van der Waals surface area contributed by atoms with Crippen molar-refractivity contribution < 1.29 is 0 Å². The van der Waals surface area contributed by atoms with Crippen LogP contribution >= 0.6 is 0 Å². The molecule has 0 saturated carbocycles. The first-order valence-electron chi connectivity index (χ1n) is 6.58. The number of aryl methyl sites for hydroxylation is 1. The zero-order valence-electron chi connectivity index (χ0n) is 12.1. The molecule has 0 amide bonds. The number of benzene rings is 1. The summed E-state index contributed by atoms with van der Waals surface area (Å²) in [5.41, 5.74) is 0.633. The fourth-order valence-corrected chi connectivity index (χ4v) is 2.09. The zero-order chi connectivity index (χ0) is 15.7. The van der Waals surface area contributed by atoms with Crippen molar-refractivity contribution in [2.45, 2.75) is 0 Å². The van der Waals surface area contributed by atoms with E-state index < -0.39 is 11.2 Å². The summed E-state index contributed by atoms with van der Waals surface area (Å²) in [5.74, 6) is 5.83. The lowest BCUT2D eigenvalue weighted by molar-refractivity contribution is 0.702. The molecule has 0 radical (unpaired) electrons. The Morgan fingerprint density at radius 2 is 1.68 bits per heavy atom. The maximum absolute atomic E-state index is 12.2. The molecule has 0 saturated heterocycles. The van der Waals surface area contributed by atoms with Crippen molar-refractivity contribution in [1.29, 1.82) is 0 Å². The van der Waals surface area contributed by atoms with E-state index in [1.54, 1.807) is 13.1 Å². The zero-order valence-corrected chi connectivity index (χ0v) is 12.1. The van der Waals surface area contributed by atoms with Crippen LogP contribution in [0.3, 0.4) is 0 Å². The van der Waals surface area contributed by atoms with Crippen LogP contribution in [0.25, 0.3) is 11.0 Å². The Kier molecular flexibility index (Phi) is 3.31. The molecule has 22 heavy (non-hydrogen) atoms. The van der Waals surface area contributed by atoms with Gasteiger partial charge in [-0.05, 0) is 24.1 Å². The van der Waals surface area contributed by atoms with Gasteiger partial charge in [0, 0.05) is 19.7 Å². The van der Waals surface area contributed by atoms with Gasteiger partial charge in [-0.2, -0.15) is 0 Å². The van der Waals surface area contributed by atoms with E-state index in [9.17, 15) is 9.59 Å². The summed E-state index contributed by atoms with van der Waals surface area (Å²) in [6, 6.07) is 11.0. The fraction of sp³-hybridized carbons (Fsp3) is 0.125. The number of fused-ring (bicyclic) bond motifs is 1. The largest absolute Gasteiger partial charge is 0.332 e. The van der Waals surface area contributed by atoms with Crippen molar-refractivity contribution in [3.05, 3.63) is 68.5 Å². The monoisotopic (exact) mass is 292 g/mol.